The van der Waals surface area contributed by atoms with Gasteiger partial charge in [-0.2, -0.15) is 0 Å². The lowest BCUT2D eigenvalue weighted by atomic mass is 9.99. The van der Waals surface area contributed by atoms with Crippen molar-refractivity contribution in [2.24, 2.45) is 0 Å². The number of aromatic nitrogens is 1. The number of nitrogens with zero attached hydrogens (tertiary/aromatic N) is 3. The number of benzene rings is 2. The second-order valence-corrected chi connectivity index (χ2v) is 9.97. The molecular formula is C28H36ClN3O. The number of fused-ring (bicyclic) bond motifs is 1. The van der Waals surface area contributed by atoms with E-state index < -0.39 is 0 Å². The minimum Gasteiger partial charge on any atom is -0.487 e. The summed E-state index contributed by atoms with van der Waals surface area (Å²) in [6, 6.07) is 17.3. The number of hydrogen-bond donors (Lipinski definition) is 0. The Labute approximate surface area is 203 Å². The molecule has 0 bridgehead atoms. The normalized spacial score (nSPS) is 18.7. The number of hydrogen-bond acceptors (Lipinski definition) is 3. The summed E-state index contributed by atoms with van der Waals surface area (Å²) >= 11 is 6.06. The number of para-hydroxylation sites is 1. The molecule has 1 aromatic heterocycles. The molecule has 33 heavy (non-hydrogen) atoms. The SMILES string of the molecule is CCn1c(COc2ccc(Cl)cc2)c(CN2CCC(N3CCCCC3)CC2)c2ccccc21. The van der Waals surface area contributed by atoms with E-state index in [0.29, 0.717) is 6.61 Å². The molecule has 0 radical (unpaired) electrons. The van der Waals surface area contributed by atoms with E-state index >= 15 is 0 Å². The maximum atomic E-state index is 6.24. The van der Waals surface area contributed by atoms with Crippen LogP contribution in [0, 0.1) is 0 Å². The fourth-order valence-electron chi connectivity index (χ4n) is 5.76. The first kappa shape index (κ1) is 22.8. The molecule has 0 amide bonds. The van der Waals surface area contributed by atoms with Gasteiger partial charge in [-0.25, -0.2) is 0 Å². The van der Waals surface area contributed by atoms with Crippen LogP contribution in [0.3, 0.4) is 0 Å². The van der Waals surface area contributed by atoms with Gasteiger partial charge in [0, 0.05) is 35.1 Å². The van der Waals surface area contributed by atoms with Crippen LogP contribution in [0.15, 0.2) is 48.5 Å². The van der Waals surface area contributed by atoms with E-state index in [1.165, 1.54) is 80.4 Å². The molecule has 0 N–H and O–H groups in total. The first-order valence-corrected chi connectivity index (χ1v) is 13.0. The standard InChI is InChI=1S/C28H36ClN3O/c1-2-32-27-9-5-4-8-25(27)26(28(32)21-33-24-12-10-22(29)11-13-24)20-30-18-14-23(15-19-30)31-16-6-3-7-17-31/h4-5,8-13,23H,2-3,6-7,14-21H2,1H3. The third-order valence-electron chi connectivity index (χ3n) is 7.55. The molecule has 4 nitrogen and oxygen atoms in total. The fourth-order valence-corrected chi connectivity index (χ4v) is 5.89. The number of piperidine rings is 2. The molecule has 2 saturated heterocycles. The maximum absolute atomic E-state index is 6.24. The van der Waals surface area contributed by atoms with E-state index in [2.05, 4.69) is 45.6 Å². The van der Waals surface area contributed by atoms with Crippen LogP contribution in [0.2, 0.25) is 5.02 Å². The lowest BCUT2D eigenvalue weighted by Crippen LogP contribution is -2.46. The first-order valence-electron chi connectivity index (χ1n) is 12.7. The Balaban J connectivity index is 1.34. The molecule has 176 valence electrons. The highest BCUT2D eigenvalue weighted by molar-refractivity contribution is 6.30. The van der Waals surface area contributed by atoms with Crippen LogP contribution in [0.25, 0.3) is 10.9 Å². The molecule has 0 spiro atoms. The van der Waals surface area contributed by atoms with E-state index in [9.17, 15) is 0 Å². The summed E-state index contributed by atoms with van der Waals surface area (Å²) in [4.78, 5) is 5.42. The van der Waals surface area contributed by atoms with E-state index in [1.807, 2.05) is 24.3 Å². The molecular weight excluding hydrogens is 430 g/mol. The van der Waals surface area contributed by atoms with Gasteiger partial charge in [0.25, 0.3) is 0 Å². The quantitative estimate of drug-likeness (QED) is 0.406. The number of likely N-dealkylation sites (tertiary alicyclic amines) is 2. The number of aryl methyl sites for hydroxylation is 1. The molecule has 0 aliphatic carbocycles. The van der Waals surface area contributed by atoms with Gasteiger partial charge in [0.2, 0.25) is 0 Å². The van der Waals surface area contributed by atoms with Crippen molar-refractivity contribution >= 4 is 22.5 Å². The summed E-state index contributed by atoms with van der Waals surface area (Å²) in [5, 5.41) is 2.10. The summed E-state index contributed by atoms with van der Waals surface area (Å²) < 4.78 is 8.67. The second-order valence-electron chi connectivity index (χ2n) is 9.53. The van der Waals surface area contributed by atoms with Gasteiger partial charge in [-0.1, -0.05) is 36.2 Å². The van der Waals surface area contributed by atoms with Gasteiger partial charge in [-0.3, -0.25) is 4.90 Å². The molecule has 2 fully saturated rings. The summed E-state index contributed by atoms with van der Waals surface area (Å²) in [5.74, 6) is 0.862. The fraction of sp³-hybridized carbons (Fsp3) is 0.500. The van der Waals surface area contributed by atoms with Gasteiger partial charge in [-0.05, 0) is 94.7 Å². The van der Waals surface area contributed by atoms with E-state index in [0.717, 1.165) is 29.9 Å². The van der Waals surface area contributed by atoms with Crippen LogP contribution < -0.4 is 4.74 Å². The van der Waals surface area contributed by atoms with Crippen LogP contribution in [0.5, 0.6) is 5.75 Å². The lowest BCUT2D eigenvalue weighted by molar-refractivity contribution is 0.0895. The van der Waals surface area contributed by atoms with Crippen LogP contribution in [-0.4, -0.2) is 46.6 Å². The van der Waals surface area contributed by atoms with Crippen molar-refractivity contribution < 1.29 is 4.74 Å². The highest BCUT2D eigenvalue weighted by atomic mass is 35.5. The van der Waals surface area contributed by atoms with E-state index in [1.54, 1.807) is 0 Å². The van der Waals surface area contributed by atoms with Crippen molar-refractivity contribution in [3.8, 4) is 5.75 Å². The molecule has 0 saturated carbocycles. The Morgan fingerprint density at radius 1 is 0.909 bits per heavy atom. The molecule has 2 aliphatic heterocycles. The number of halogens is 1. The van der Waals surface area contributed by atoms with Gasteiger partial charge >= 0.3 is 0 Å². The highest BCUT2D eigenvalue weighted by Crippen LogP contribution is 2.30. The van der Waals surface area contributed by atoms with Gasteiger partial charge in [0.1, 0.15) is 12.4 Å². The lowest BCUT2D eigenvalue weighted by Gasteiger charge is -2.40. The van der Waals surface area contributed by atoms with Crippen molar-refractivity contribution in [3.05, 3.63) is 64.8 Å². The maximum Gasteiger partial charge on any atom is 0.129 e. The average molecular weight is 466 g/mol. The van der Waals surface area contributed by atoms with Crippen molar-refractivity contribution in [2.75, 3.05) is 26.2 Å². The van der Waals surface area contributed by atoms with Crippen LogP contribution in [0.1, 0.15) is 50.3 Å². The monoisotopic (exact) mass is 465 g/mol. The molecule has 5 rings (SSSR count). The third kappa shape index (κ3) is 5.08. The smallest absolute Gasteiger partial charge is 0.129 e. The second kappa shape index (κ2) is 10.5. The topological polar surface area (TPSA) is 20.6 Å². The third-order valence-corrected chi connectivity index (χ3v) is 7.80. The summed E-state index contributed by atoms with van der Waals surface area (Å²) in [6.45, 7) is 9.72. The Morgan fingerprint density at radius 2 is 1.64 bits per heavy atom. The predicted molar refractivity (Wildman–Crippen MR) is 137 cm³/mol. The van der Waals surface area contributed by atoms with Crippen LogP contribution in [0.4, 0.5) is 0 Å². The zero-order valence-electron chi connectivity index (χ0n) is 19.8. The zero-order chi connectivity index (χ0) is 22.6. The molecule has 3 heterocycles. The number of ether oxygens (including phenoxy) is 1. The van der Waals surface area contributed by atoms with Crippen molar-refractivity contribution in [1.29, 1.82) is 0 Å². The van der Waals surface area contributed by atoms with Crippen molar-refractivity contribution in [1.82, 2.24) is 14.4 Å². The first-order chi connectivity index (χ1) is 16.2. The van der Waals surface area contributed by atoms with Gasteiger partial charge in [0.05, 0.1) is 5.69 Å². The Bertz CT molecular complexity index is 1050. The predicted octanol–water partition coefficient (Wildman–Crippen LogP) is 6.34. The molecule has 5 heteroatoms. The molecule has 2 aliphatic rings. The minimum atomic E-state index is 0.573. The summed E-state index contributed by atoms with van der Waals surface area (Å²) in [5.41, 5.74) is 4.04. The Kier molecular flexibility index (Phi) is 7.24. The van der Waals surface area contributed by atoms with Gasteiger partial charge < -0.3 is 14.2 Å². The van der Waals surface area contributed by atoms with Crippen LogP contribution in [-0.2, 0) is 19.7 Å². The number of rotatable bonds is 7. The van der Waals surface area contributed by atoms with Crippen LogP contribution >= 0.6 is 11.6 Å². The van der Waals surface area contributed by atoms with Gasteiger partial charge in [-0.15, -0.1) is 0 Å². The molecule has 0 atom stereocenters. The average Bonchev–Trinajstić information content (AvgIpc) is 3.17. The molecule has 0 unspecified atom stereocenters. The Hall–Kier alpha value is -2.01. The zero-order valence-corrected chi connectivity index (χ0v) is 20.6. The largest absolute Gasteiger partial charge is 0.487 e. The Morgan fingerprint density at radius 3 is 2.36 bits per heavy atom. The summed E-state index contributed by atoms with van der Waals surface area (Å²) in [7, 11) is 0. The molecule has 3 aromatic rings. The summed E-state index contributed by atoms with van der Waals surface area (Å²) in [6.07, 6.45) is 6.77. The van der Waals surface area contributed by atoms with Crippen molar-refractivity contribution in [2.45, 2.75) is 64.8 Å². The molecule has 2 aromatic carbocycles. The van der Waals surface area contributed by atoms with Gasteiger partial charge in [0.15, 0.2) is 0 Å². The van der Waals surface area contributed by atoms with Crippen molar-refractivity contribution in [3.63, 3.8) is 0 Å². The highest BCUT2D eigenvalue weighted by Gasteiger charge is 2.27. The minimum absolute atomic E-state index is 0.573. The van der Waals surface area contributed by atoms with E-state index in [-0.39, 0.29) is 0 Å². The van der Waals surface area contributed by atoms with E-state index in [4.69, 9.17) is 16.3 Å².